The Balaban J connectivity index is 2.02. The van der Waals surface area contributed by atoms with E-state index in [9.17, 15) is 9.59 Å². The number of fused-ring (bicyclic) bond motifs is 1. The zero-order valence-electron chi connectivity index (χ0n) is 19.7. The molecular weight excluding hydrogens is 540 g/mol. The number of carbonyl (C=O) groups is 1. The van der Waals surface area contributed by atoms with Gasteiger partial charge in [-0.15, -0.1) is 0 Å². The van der Waals surface area contributed by atoms with Gasteiger partial charge in [-0.25, -0.2) is 9.79 Å². The van der Waals surface area contributed by atoms with Crippen molar-refractivity contribution in [3.8, 4) is 17.2 Å². The van der Waals surface area contributed by atoms with Crippen molar-refractivity contribution in [2.75, 3.05) is 27.9 Å². The molecule has 11 heteroatoms. The van der Waals surface area contributed by atoms with Gasteiger partial charge in [0, 0.05) is 6.08 Å². The van der Waals surface area contributed by atoms with E-state index in [-0.39, 0.29) is 17.7 Å². The van der Waals surface area contributed by atoms with E-state index in [0.717, 1.165) is 0 Å². The minimum Gasteiger partial charge on any atom is -0.493 e. The number of allylic oxidation sites excluding steroid dienone is 1. The summed E-state index contributed by atoms with van der Waals surface area (Å²) in [6.07, 6.45) is 1.64. The molecule has 0 aliphatic carbocycles. The number of aromatic nitrogens is 1. The lowest BCUT2D eigenvalue weighted by Gasteiger charge is -2.26. The van der Waals surface area contributed by atoms with E-state index in [2.05, 4.69) is 20.9 Å². The number of halogens is 1. The van der Waals surface area contributed by atoms with Gasteiger partial charge < -0.3 is 23.4 Å². The zero-order chi connectivity index (χ0) is 25.3. The number of esters is 1. The average Bonchev–Trinajstić information content (AvgIpc) is 3.39. The highest BCUT2D eigenvalue weighted by Gasteiger charge is 2.34. The van der Waals surface area contributed by atoms with E-state index in [4.69, 9.17) is 23.4 Å². The van der Waals surface area contributed by atoms with Crippen molar-refractivity contribution in [3.05, 3.63) is 71.2 Å². The van der Waals surface area contributed by atoms with Crippen LogP contribution in [0, 0.1) is 0 Å². The Hall–Kier alpha value is -3.31. The third-order valence-electron chi connectivity index (χ3n) is 5.39. The topological polar surface area (TPSA) is 101 Å². The van der Waals surface area contributed by atoms with Crippen LogP contribution in [0.2, 0.25) is 0 Å². The number of benzene rings is 1. The molecule has 2 aromatic heterocycles. The molecule has 0 unspecified atom stereocenters. The fourth-order valence-electron chi connectivity index (χ4n) is 3.90. The molecule has 0 saturated carbocycles. The summed E-state index contributed by atoms with van der Waals surface area (Å²) in [5.74, 6) is 1.13. The van der Waals surface area contributed by atoms with E-state index in [0.29, 0.717) is 48.3 Å². The van der Waals surface area contributed by atoms with Crippen molar-refractivity contribution in [3.63, 3.8) is 0 Å². The second-order valence-electron chi connectivity index (χ2n) is 7.40. The van der Waals surface area contributed by atoms with Gasteiger partial charge in [0.25, 0.3) is 5.56 Å². The number of nitrogens with zero attached hydrogens (tertiary/aromatic N) is 2. The molecular formula is C24H23BrN2O7S. The third kappa shape index (κ3) is 4.53. The first-order valence-corrected chi connectivity index (χ1v) is 12.2. The highest BCUT2D eigenvalue weighted by Crippen LogP contribution is 2.42. The van der Waals surface area contributed by atoms with E-state index in [1.807, 2.05) is 0 Å². The van der Waals surface area contributed by atoms with Crippen molar-refractivity contribution < 1.29 is 28.2 Å². The van der Waals surface area contributed by atoms with Crippen molar-refractivity contribution >= 4 is 39.3 Å². The van der Waals surface area contributed by atoms with E-state index in [1.165, 1.54) is 37.2 Å². The molecule has 0 radical (unpaired) electrons. The van der Waals surface area contributed by atoms with Gasteiger partial charge in [-0.05, 0) is 59.6 Å². The Morgan fingerprint density at radius 2 is 1.89 bits per heavy atom. The lowest BCUT2D eigenvalue weighted by Crippen LogP contribution is -2.40. The van der Waals surface area contributed by atoms with E-state index >= 15 is 0 Å². The van der Waals surface area contributed by atoms with Crippen molar-refractivity contribution in [2.45, 2.75) is 19.9 Å². The Morgan fingerprint density at radius 1 is 1.20 bits per heavy atom. The summed E-state index contributed by atoms with van der Waals surface area (Å²) in [7, 11) is 4.51. The quantitative estimate of drug-likeness (QED) is 0.407. The second kappa shape index (κ2) is 10.1. The first-order valence-electron chi connectivity index (χ1n) is 10.6. The molecule has 9 nitrogen and oxygen atoms in total. The summed E-state index contributed by atoms with van der Waals surface area (Å²) in [5.41, 5.74) is 0.955. The summed E-state index contributed by atoms with van der Waals surface area (Å²) >= 11 is 4.47. The molecule has 184 valence electrons. The fraction of sp³-hybridized carbons (Fsp3) is 0.292. The maximum Gasteiger partial charge on any atom is 0.338 e. The Morgan fingerprint density at radius 3 is 2.43 bits per heavy atom. The van der Waals surface area contributed by atoms with Crippen LogP contribution >= 0.6 is 27.3 Å². The Kier molecular flexibility index (Phi) is 7.18. The second-order valence-corrected chi connectivity index (χ2v) is 9.19. The molecule has 0 fully saturated rings. The lowest BCUT2D eigenvalue weighted by atomic mass is 9.95. The number of furan rings is 1. The summed E-state index contributed by atoms with van der Waals surface area (Å²) in [6, 6.07) is 6.08. The van der Waals surface area contributed by atoms with Crippen LogP contribution in [0.15, 0.2) is 54.4 Å². The molecule has 1 aliphatic rings. The smallest absolute Gasteiger partial charge is 0.338 e. The largest absolute Gasteiger partial charge is 0.493 e. The van der Waals surface area contributed by atoms with Gasteiger partial charge in [0.05, 0.1) is 49.8 Å². The predicted octanol–water partition coefficient (Wildman–Crippen LogP) is 3.18. The van der Waals surface area contributed by atoms with Crippen molar-refractivity contribution in [1.29, 1.82) is 0 Å². The standard InChI is InChI=1S/C24H23BrN2O7S/c1-6-33-23(29)19-12(2)26-24-27(22(28)17(35-24)11-14-7-8-18(25)34-14)20(19)13-9-15(30-3)21(32-5)16(10-13)31-4/h7-11,20H,6H2,1-5H3/b17-11-/t20-/m0/s1. The highest BCUT2D eigenvalue weighted by atomic mass is 79.9. The lowest BCUT2D eigenvalue weighted by molar-refractivity contribution is -0.139. The average molecular weight is 563 g/mol. The number of hydrogen-bond acceptors (Lipinski definition) is 9. The summed E-state index contributed by atoms with van der Waals surface area (Å²) in [4.78, 5) is 31.7. The molecule has 0 N–H and O–H groups in total. The minimum atomic E-state index is -0.829. The van der Waals surface area contributed by atoms with Gasteiger partial charge in [-0.3, -0.25) is 9.36 Å². The van der Waals surface area contributed by atoms with Crippen LogP contribution in [0.1, 0.15) is 31.2 Å². The van der Waals surface area contributed by atoms with Gasteiger partial charge in [0.2, 0.25) is 5.75 Å². The van der Waals surface area contributed by atoms with Crippen LogP contribution in [-0.2, 0) is 9.53 Å². The van der Waals surface area contributed by atoms with Crippen LogP contribution in [-0.4, -0.2) is 38.5 Å². The van der Waals surface area contributed by atoms with E-state index < -0.39 is 12.0 Å². The molecule has 4 rings (SSSR count). The highest BCUT2D eigenvalue weighted by molar-refractivity contribution is 9.10. The van der Waals surface area contributed by atoms with Crippen LogP contribution in [0.4, 0.5) is 0 Å². The molecule has 3 heterocycles. The first kappa shape index (κ1) is 24.8. The molecule has 0 bridgehead atoms. The normalized spacial score (nSPS) is 15.5. The minimum absolute atomic E-state index is 0.176. The maximum absolute atomic E-state index is 13.6. The van der Waals surface area contributed by atoms with Gasteiger partial charge in [0.1, 0.15) is 5.76 Å². The van der Waals surface area contributed by atoms with Crippen LogP contribution < -0.4 is 29.1 Å². The molecule has 0 amide bonds. The number of ether oxygens (including phenoxy) is 4. The molecule has 0 spiro atoms. The zero-order valence-corrected chi connectivity index (χ0v) is 22.1. The van der Waals surface area contributed by atoms with Gasteiger partial charge >= 0.3 is 5.97 Å². The maximum atomic E-state index is 13.6. The number of carbonyl (C=O) groups excluding carboxylic acids is 1. The Bertz CT molecular complexity index is 1470. The molecule has 3 aromatic rings. The van der Waals surface area contributed by atoms with Gasteiger partial charge in [-0.1, -0.05) is 11.3 Å². The van der Waals surface area contributed by atoms with Crippen LogP contribution in [0.5, 0.6) is 17.2 Å². The number of methoxy groups -OCH3 is 3. The summed E-state index contributed by atoms with van der Waals surface area (Å²) in [6.45, 7) is 3.62. The summed E-state index contributed by atoms with van der Waals surface area (Å²) in [5, 5.41) is 0. The fourth-order valence-corrected chi connectivity index (χ4v) is 5.25. The van der Waals surface area contributed by atoms with Crippen LogP contribution in [0.25, 0.3) is 6.08 Å². The third-order valence-corrected chi connectivity index (χ3v) is 6.80. The number of hydrogen-bond donors (Lipinski definition) is 0. The Labute approximate surface area is 213 Å². The molecule has 1 aromatic carbocycles. The molecule has 0 saturated heterocycles. The monoisotopic (exact) mass is 562 g/mol. The number of thiazole rings is 1. The summed E-state index contributed by atoms with van der Waals surface area (Å²) < 4.78 is 29.8. The van der Waals surface area contributed by atoms with Gasteiger partial charge in [0.15, 0.2) is 21.0 Å². The molecule has 35 heavy (non-hydrogen) atoms. The van der Waals surface area contributed by atoms with Gasteiger partial charge in [-0.2, -0.15) is 0 Å². The number of rotatable bonds is 7. The molecule has 1 aliphatic heterocycles. The van der Waals surface area contributed by atoms with E-state index in [1.54, 1.807) is 44.2 Å². The van der Waals surface area contributed by atoms with Crippen LogP contribution in [0.3, 0.4) is 0 Å². The van der Waals surface area contributed by atoms with Crippen molar-refractivity contribution in [1.82, 2.24) is 4.57 Å². The predicted molar refractivity (Wildman–Crippen MR) is 133 cm³/mol. The van der Waals surface area contributed by atoms with Crippen molar-refractivity contribution in [2.24, 2.45) is 4.99 Å². The first-order chi connectivity index (χ1) is 16.8. The SMILES string of the molecule is CCOC(=O)C1=C(C)N=c2s/c(=C\c3ccc(Br)o3)c(=O)n2[C@H]1c1cc(OC)c(OC)c(OC)c1. The molecule has 1 atom stereocenters.